The van der Waals surface area contributed by atoms with E-state index in [4.69, 9.17) is 4.74 Å². The molecule has 1 aromatic heterocycles. The van der Waals surface area contributed by atoms with E-state index in [0.29, 0.717) is 11.1 Å². The first-order valence-electron chi connectivity index (χ1n) is 5.98. The number of ether oxygens (including phenoxy) is 1. The van der Waals surface area contributed by atoms with E-state index in [2.05, 4.69) is 21.1 Å². The first kappa shape index (κ1) is 12.5. The average molecular weight is 253 g/mol. The summed E-state index contributed by atoms with van der Waals surface area (Å²) >= 11 is 1.94. The Morgan fingerprint density at radius 3 is 3.12 bits per heavy atom. The van der Waals surface area contributed by atoms with Crippen LogP contribution in [-0.2, 0) is 0 Å². The van der Waals surface area contributed by atoms with Gasteiger partial charge in [-0.15, -0.1) is 0 Å². The van der Waals surface area contributed by atoms with Crippen LogP contribution in [0.4, 0.5) is 5.95 Å². The van der Waals surface area contributed by atoms with Gasteiger partial charge in [-0.1, -0.05) is 6.42 Å². The van der Waals surface area contributed by atoms with Crippen molar-refractivity contribution in [3.8, 4) is 5.88 Å². The van der Waals surface area contributed by atoms with Crippen LogP contribution in [0.1, 0.15) is 19.3 Å². The number of nitrogens with zero attached hydrogens (tertiary/aromatic N) is 3. The van der Waals surface area contributed by atoms with Crippen LogP contribution in [0.2, 0.25) is 0 Å². The molecule has 1 saturated heterocycles. The Balaban J connectivity index is 2.13. The highest BCUT2D eigenvalue weighted by molar-refractivity contribution is 7.99. The maximum Gasteiger partial charge on any atom is 0.228 e. The fourth-order valence-corrected chi connectivity index (χ4v) is 2.81. The van der Waals surface area contributed by atoms with E-state index in [1.807, 2.05) is 11.8 Å². The molecule has 1 aliphatic rings. The van der Waals surface area contributed by atoms with Crippen molar-refractivity contribution in [2.24, 2.45) is 0 Å². The van der Waals surface area contributed by atoms with Crippen molar-refractivity contribution in [3.63, 3.8) is 0 Å². The lowest BCUT2D eigenvalue weighted by Crippen LogP contribution is -2.31. The van der Waals surface area contributed by atoms with Gasteiger partial charge in [0.25, 0.3) is 0 Å². The van der Waals surface area contributed by atoms with Crippen molar-refractivity contribution in [1.29, 1.82) is 0 Å². The second kappa shape index (κ2) is 6.10. The summed E-state index contributed by atoms with van der Waals surface area (Å²) in [5, 5.41) is 0.687. The van der Waals surface area contributed by atoms with Crippen LogP contribution < -0.4 is 9.64 Å². The largest absolute Gasteiger partial charge is 0.481 e. The summed E-state index contributed by atoms with van der Waals surface area (Å²) in [6.45, 7) is 2.08. The molecule has 0 radical (unpaired) electrons. The van der Waals surface area contributed by atoms with E-state index in [0.717, 1.165) is 19.0 Å². The maximum atomic E-state index is 5.15. The summed E-state index contributed by atoms with van der Waals surface area (Å²) in [5.74, 6) is 1.44. The van der Waals surface area contributed by atoms with Gasteiger partial charge in [-0.05, 0) is 19.1 Å². The minimum Gasteiger partial charge on any atom is -0.481 e. The third-order valence-corrected chi connectivity index (χ3v) is 4.12. The van der Waals surface area contributed by atoms with Gasteiger partial charge in [0.05, 0.1) is 7.11 Å². The van der Waals surface area contributed by atoms with Crippen LogP contribution in [0.5, 0.6) is 5.88 Å². The minimum atomic E-state index is 0.639. The summed E-state index contributed by atoms with van der Waals surface area (Å²) in [6.07, 6.45) is 7.76. The summed E-state index contributed by atoms with van der Waals surface area (Å²) in [5.41, 5.74) is 0. The molecule has 0 aromatic carbocycles. The van der Waals surface area contributed by atoms with E-state index in [1.54, 1.807) is 19.4 Å². The zero-order valence-electron chi connectivity index (χ0n) is 10.4. The molecule has 0 amide bonds. The quantitative estimate of drug-likeness (QED) is 0.825. The Kier molecular flexibility index (Phi) is 4.48. The number of anilines is 1. The molecule has 2 heterocycles. The standard InChI is InChI=1S/C12H19N3OS/c1-16-11-6-7-13-12(14-11)15-8-4-3-5-10(9-15)17-2/h6-7,10H,3-5,8-9H2,1-2H3. The van der Waals surface area contributed by atoms with Crippen molar-refractivity contribution in [1.82, 2.24) is 9.97 Å². The molecule has 0 spiro atoms. The van der Waals surface area contributed by atoms with Gasteiger partial charge >= 0.3 is 0 Å². The SMILES string of the molecule is COc1ccnc(N2CCCCC(SC)C2)n1. The van der Waals surface area contributed by atoms with E-state index in [9.17, 15) is 0 Å². The molecule has 94 valence electrons. The smallest absolute Gasteiger partial charge is 0.228 e. The van der Waals surface area contributed by atoms with Gasteiger partial charge in [-0.2, -0.15) is 16.7 Å². The van der Waals surface area contributed by atoms with Crippen LogP contribution in [0.25, 0.3) is 0 Å². The molecule has 1 aliphatic heterocycles. The highest BCUT2D eigenvalue weighted by Crippen LogP contribution is 2.23. The molecule has 5 heteroatoms. The maximum absolute atomic E-state index is 5.15. The fraction of sp³-hybridized carbons (Fsp3) is 0.667. The summed E-state index contributed by atoms with van der Waals surface area (Å²) in [6, 6.07) is 1.79. The Morgan fingerprint density at radius 1 is 1.47 bits per heavy atom. The number of methoxy groups -OCH3 is 1. The summed E-state index contributed by atoms with van der Waals surface area (Å²) in [7, 11) is 1.64. The zero-order chi connectivity index (χ0) is 12.1. The lowest BCUT2D eigenvalue weighted by molar-refractivity contribution is 0.396. The molecular formula is C12H19N3OS. The molecular weight excluding hydrogens is 234 g/mol. The molecule has 1 unspecified atom stereocenters. The fourth-order valence-electron chi connectivity index (χ4n) is 2.08. The number of hydrogen-bond donors (Lipinski definition) is 0. The molecule has 0 saturated carbocycles. The van der Waals surface area contributed by atoms with Crippen LogP contribution in [-0.4, -0.2) is 41.7 Å². The van der Waals surface area contributed by atoms with E-state index in [1.165, 1.54) is 19.3 Å². The predicted molar refractivity (Wildman–Crippen MR) is 72.0 cm³/mol. The second-order valence-electron chi connectivity index (χ2n) is 4.20. The molecule has 4 nitrogen and oxygen atoms in total. The highest BCUT2D eigenvalue weighted by Gasteiger charge is 2.19. The molecule has 1 atom stereocenters. The predicted octanol–water partition coefficient (Wildman–Crippen LogP) is 2.21. The van der Waals surface area contributed by atoms with Crippen molar-refractivity contribution in [2.45, 2.75) is 24.5 Å². The van der Waals surface area contributed by atoms with Gasteiger partial charge in [0.15, 0.2) is 0 Å². The van der Waals surface area contributed by atoms with Gasteiger partial charge in [0.2, 0.25) is 11.8 Å². The number of aromatic nitrogens is 2. The number of thioether (sulfide) groups is 1. The zero-order valence-corrected chi connectivity index (χ0v) is 11.2. The van der Waals surface area contributed by atoms with Crippen molar-refractivity contribution >= 4 is 17.7 Å². The van der Waals surface area contributed by atoms with E-state index >= 15 is 0 Å². The second-order valence-corrected chi connectivity index (χ2v) is 5.34. The van der Waals surface area contributed by atoms with E-state index in [-0.39, 0.29) is 0 Å². The number of hydrogen-bond acceptors (Lipinski definition) is 5. The van der Waals surface area contributed by atoms with Crippen LogP contribution in [0.3, 0.4) is 0 Å². The Morgan fingerprint density at radius 2 is 2.35 bits per heavy atom. The van der Waals surface area contributed by atoms with E-state index < -0.39 is 0 Å². The molecule has 0 N–H and O–H groups in total. The normalized spacial score (nSPS) is 21.1. The Labute approximate surface area is 107 Å². The molecule has 0 aliphatic carbocycles. The van der Waals surface area contributed by atoms with Crippen LogP contribution in [0.15, 0.2) is 12.3 Å². The average Bonchev–Trinajstić information content (AvgIpc) is 2.64. The monoisotopic (exact) mass is 253 g/mol. The Hall–Kier alpha value is -0.970. The van der Waals surface area contributed by atoms with Gasteiger partial charge in [0.1, 0.15) is 0 Å². The van der Waals surface area contributed by atoms with Gasteiger partial charge in [0, 0.05) is 30.6 Å². The van der Waals surface area contributed by atoms with Crippen LogP contribution >= 0.6 is 11.8 Å². The topological polar surface area (TPSA) is 38.2 Å². The third kappa shape index (κ3) is 3.25. The first-order valence-corrected chi connectivity index (χ1v) is 7.27. The first-order chi connectivity index (χ1) is 8.33. The van der Waals surface area contributed by atoms with Crippen molar-refractivity contribution < 1.29 is 4.74 Å². The van der Waals surface area contributed by atoms with Gasteiger partial charge < -0.3 is 9.64 Å². The molecule has 1 fully saturated rings. The lowest BCUT2D eigenvalue weighted by atomic mass is 10.2. The minimum absolute atomic E-state index is 0.639. The van der Waals surface area contributed by atoms with Gasteiger partial charge in [-0.25, -0.2) is 4.98 Å². The highest BCUT2D eigenvalue weighted by atomic mass is 32.2. The van der Waals surface area contributed by atoms with Crippen LogP contribution in [0, 0.1) is 0 Å². The molecule has 2 rings (SSSR count). The van der Waals surface area contributed by atoms with Crippen molar-refractivity contribution in [3.05, 3.63) is 12.3 Å². The molecule has 0 bridgehead atoms. The molecule has 17 heavy (non-hydrogen) atoms. The third-order valence-electron chi connectivity index (χ3n) is 3.07. The lowest BCUT2D eigenvalue weighted by Gasteiger charge is -2.23. The molecule has 1 aromatic rings. The Bertz CT molecular complexity index is 361. The van der Waals surface area contributed by atoms with Gasteiger partial charge in [-0.3, -0.25) is 0 Å². The number of rotatable bonds is 3. The summed E-state index contributed by atoms with van der Waals surface area (Å²) in [4.78, 5) is 11.0. The summed E-state index contributed by atoms with van der Waals surface area (Å²) < 4.78 is 5.15. The van der Waals surface area contributed by atoms with Crippen molar-refractivity contribution in [2.75, 3.05) is 31.4 Å².